The Bertz CT molecular complexity index is 920. The number of nitrogens with zero attached hydrogens (tertiary/aromatic N) is 3. The average molecular weight is 392 g/mol. The maximum Gasteiger partial charge on any atom is 0.325 e. The van der Waals surface area contributed by atoms with Crippen LogP contribution in [-0.4, -0.2) is 43.0 Å². The molecule has 3 amide bonds. The van der Waals surface area contributed by atoms with Gasteiger partial charge in [0.2, 0.25) is 5.91 Å². The van der Waals surface area contributed by atoms with Gasteiger partial charge in [-0.3, -0.25) is 9.69 Å². The molecule has 4 rings (SSSR count). The number of amides is 3. The van der Waals surface area contributed by atoms with Crippen LogP contribution in [0.25, 0.3) is 0 Å². The third kappa shape index (κ3) is 3.86. The molecule has 2 aromatic rings. The average Bonchev–Trinajstić information content (AvgIpc) is 3.07. The van der Waals surface area contributed by atoms with E-state index in [-0.39, 0.29) is 18.5 Å². The molecule has 0 atom stereocenters. The van der Waals surface area contributed by atoms with Gasteiger partial charge in [-0.15, -0.1) is 0 Å². The molecule has 5 heteroatoms. The molecule has 2 aliphatic rings. The fourth-order valence-corrected chi connectivity index (χ4v) is 4.24. The first-order valence-corrected chi connectivity index (χ1v) is 10.5. The third-order valence-electron chi connectivity index (χ3n) is 5.95. The van der Waals surface area contributed by atoms with Gasteiger partial charge in [-0.05, 0) is 55.0 Å². The summed E-state index contributed by atoms with van der Waals surface area (Å²) in [6.45, 7) is 8.43. The van der Waals surface area contributed by atoms with E-state index in [1.54, 1.807) is 9.80 Å². The van der Waals surface area contributed by atoms with Crippen LogP contribution in [0.4, 0.5) is 16.2 Å². The zero-order valence-corrected chi connectivity index (χ0v) is 17.5. The standard InChI is InChI=1S/C24H29N3O2/c1-17(2)19-7-9-21(10-8-19)26-14-13-25(24(26)29)16-23(28)27-12-4-5-20-15-18(3)6-11-22(20)27/h6-11,15,17H,4-5,12-14,16H2,1-3H3. The van der Waals surface area contributed by atoms with E-state index < -0.39 is 0 Å². The van der Waals surface area contributed by atoms with Crippen molar-refractivity contribution in [2.24, 2.45) is 0 Å². The zero-order valence-electron chi connectivity index (χ0n) is 17.5. The number of urea groups is 1. The lowest BCUT2D eigenvalue weighted by atomic mass is 9.99. The molecule has 1 saturated heterocycles. The second-order valence-corrected chi connectivity index (χ2v) is 8.38. The largest absolute Gasteiger partial charge is 0.325 e. The van der Waals surface area contributed by atoms with Gasteiger partial charge in [0.1, 0.15) is 6.54 Å². The molecule has 152 valence electrons. The molecule has 29 heavy (non-hydrogen) atoms. The van der Waals surface area contributed by atoms with Crippen molar-refractivity contribution in [1.29, 1.82) is 0 Å². The van der Waals surface area contributed by atoms with E-state index in [0.717, 1.165) is 30.8 Å². The van der Waals surface area contributed by atoms with Crippen molar-refractivity contribution < 1.29 is 9.59 Å². The summed E-state index contributed by atoms with van der Waals surface area (Å²) in [5, 5.41) is 0. The molecule has 0 N–H and O–H groups in total. The van der Waals surface area contributed by atoms with Gasteiger partial charge in [0.25, 0.3) is 0 Å². The van der Waals surface area contributed by atoms with Crippen LogP contribution >= 0.6 is 0 Å². The van der Waals surface area contributed by atoms with Crippen molar-refractivity contribution in [1.82, 2.24) is 4.90 Å². The van der Waals surface area contributed by atoms with Gasteiger partial charge in [-0.2, -0.15) is 0 Å². The summed E-state index contributed by atoms with van der Waals surface area (Å²) in [5.74, 6) is 0.462. The molecule has 0 radical (unpaired) electrons. The first-order chi connectivity index (χ1) is 13.9. The van der Waals surface area contributed by atoms with Crippen LogP contribution in [0.5, 0.6) is 0 Å². The topological polar surface area (TPSA) is 43.9 Å². The van der Waals surface area contributed by atoms with E-state index in [1.165, 1.54) is 16.7 Å². The normalized spacial score (nSPS) is 16.6. The first-order valence-electron chi connectivity index (χ1n) is 10.5. The number of rotatable bonds is 4. The van der Waals surface area contributed by atoms with E-state index >= 15 is 0 Å². The second kappa shape index (κ2) is 7.90. The zero-order chi connectivity index (χ0) is 20.5. The molecule has 0 saturated carbocycles. The van der Waals surface area contributed by atoms with Crippen LogP contribution in [0.1, 0.15) is 42.9 Å². The summed E-state index contributed by atoms with van der Waals surface area (Å²) in [5.41, 5.74) is 5.59. The Morgan fingerprint density at radius 1 is 1.03 bits per heavy atom. The minimum Gasteiger partial charge on any atom is -0.313 e. The number of benzene rings is 2. The van der Waals surface area contributed by atoms with Crippen LogP contribution in [0.2, 0.25) is 0 Å². The summed E-state index contributed by atoms with van der Waals surface area (Å²) in [6.07, 6.45) is 1.97. The van der Waals surface area contributed by atoms with Crippen LogP contribution in [0.3, 0.4) is 0 Å². The lowest BCUT2D eigenvalue weighted by Gasteiger charge is -2.31. The van der Waals surface area contributed by atoms with Gasteiger partial charge >= 0.3 is 6.03 Å². The maximum absolute atomic E-state index is 13.0. The van der Waals surface area contributed by atoms with E-state index in [2.05, 4.69) is 39.0 Å². The Morgan fingerprint density at radius 3 is 2.52 bits per heavy atom. The molecule has 1 fully saturated rings. The molecule has 0 unspecified atom stereocenters. The van der Waals surface area contributed by atoms with Gasteiger partial charge < -0.3 is 9.80 Å². The quantitative estimate of drug-likeness (QED) is 0.778. The van der Waals surface area contributed by atoms with E-state index in [4.69, 9.17) is 0 Å². The maximum atomic E-state index is 13.0. The molecule has 2 aliphatic heterocycles. The number of fused-ring (bicyclic) bond motifs is 1. The number of hydrogen-bond donors (Lipinski definition) is 0. The van der Waals surface area contributed by atoms with Gasteiger partial charge in [-0.1, -0.05) is 43.7 Å². The number of anilines is 2. The molecule has 2 aromatic carbocycles. The number of carbonyl (C=O) groups excluding carboxylic acids is 2. The van der Waals surface area contributed by atoms with Crippen molar-refractivity contribution in [2.45, 2.75) is 39.5 Å². The summed E-state index contributed by atoms with van der Waals surface area (Å²) in [6, 6.07) is 14.3. The Hall–Kier alpha value is -2.82. The fraction of sp³-hybridized carbons (Fsp3) is 0.417. The fourth-order valence-electron chi connectivity index (χ4n) is 4.24. The summed E-state index contributed by atoms with van der Waals surface area (Å²) >= 11 is 0. The van der Waals surface area contributed by atoms with Gasteiger partial charge in [0, 0.05) is 31.0 Å². The molecular weight excluding hydrogens is 362 g/mol. The highest BCUT2D eigenvalue weighted by Gasteiger charge is 2.33. The molecule has 0 spiro atoms. The van der Waals surface area contributed by atoms with Gasteiger partial charge in [0.15, 0.2) is 0 Å². The summed E-state index contributed by atoms with van der Waals surface area (Å²) in [7, 11) is 0. The van der Waals surface area contributed by atoms with E-state index in [1.807, 2.05) is 29.2 Å². The van der Waals surface area contributed by atoms with Crippen LogP contribution in [-0.2, 0) is 11.2 Å². The predicted octanol–water partition coefficient (Wildman–Crippen LogP) is 4.34. The number of hydrogen-bond acceptors (Lipinski definition) is 2. The van der Waals surface area contributed by atoms with Crippen molar-refractivity contribution in [2.75, 3.05) is 36.0 Å². The third-order valence-corrected chi connectivity index (χ3v) is 5.95. The Balaban J connectivity index is 1.44. The highest BCUT2D eigenvalue weighted by Crippen LogP contribution is 2.29. The first kappa shape index (κ1) is 19.5. The highest BCUT2D eigenvalue weighted by molar-refractivity contribution is 6.01. The Morgan fingerprint density at radius 2 is 1.79 bits per heavy atom. The SMILES string of the molecule is Cc1ccc2c(c1)CCCN2C(=O)CN1CCN(c2ccc(C(C)C)cc2)C1=O. The van der Waals surface area contributed by atoms with Gasteiger partial charge in [-0.25, -0.2) is 4.79 Å². The predicted molar refractivity (Wildman–Crippen MR) is 117 cm³/mol. The molecule has 0 aromatic heterocycles. The lowest BCUT2D eigenvalue weighted by molar-refractivity contribution is -0.119. The van der Waals surface area contributed by atoms with Gasteiger partial charge in [0.05, 0.1) is 0 Å². The number of aryl methyl sites for hydroxylation is 2. The highest BCUT2D eigenvalue weighted by atomic mass is 16.2. The van der Waals surface area contributed by atoms with Crippen LogP contribution < -0.4 is 9.80 Å². The van der Waals surface area contributed by atoms with Crippen molar-refractivity contribution in [3.63, 3.8) is 0 Å². The van der Waals surface area contributed by atoms with Crippen molar-refractivity contribution in [3.8, 4) is 0 Å². The van der Waals surface area contributed by atoms with Crippen LogP contribution in [0.15, 0.2) is 42.5 Å². The molecule has 0 bridgehead atoms. The summed E-state index contributed by atoms with van der Waals surface area (Å²) < 4.78 is 0. The monoisotopic (exact) mass is 391 g/mol. The lowest BCUT2D eigenvalue weighted by Crippen LogP contribution is -2.44. The molecule has 5 nitrogen and oxygen atoms in total. The van der Waals surface area contributed by atoms with Crippen LogP contribution in [0, 0.1) is 6.92 Å². The molecule has 0 aliphatic carbocycles. The van der Waals surface area contributed by atoms with E-state index in [0.29, 0.717) is 19.0 Å². The van der Waals surface area contributed by atoms with E-state index in [9.17, 15) is 9.59 Å². The number of carbonyl (C=O) groups is 2. The Kier molecular flexibility index (Phi) is 5.31. The molecular formula is C24H29N3O2. The summed E-state index contributed by atoms with van der Waals surface area (Å²) in [4.78, 5) is 31.2. The minimum absolute atomic E-state index is 0.000147. The van der Waals surface area contributed by atoms with Crippen molar-refractivity contribution >= 4 is 23.3 Å². The minimum atomic E-state index is -0.0863. The smallest absolute Gasteiger partial charge is 0.313 e. The molecule has 2 heterocycles. The van der Waals surface area contributed by atoms with Crippen molar-refractivity contribution in [3.05, 3.63) is 59.2 Å². The second-order valence-electron chi connectivity index (χ2n) is 8.38. The Labute approximate surface area is 172 Å².